The Morgan fingerprint density at radius 2 is 1.97 bits per heavy atom. The van der Waals surface area contributed by atoms with Gasteiger partial charge in [0.05, 0.1) is 13.2 Å². The van der Waals surface area contributed by atoms with Crippen LogP contribution in [0, 0.1) is 5.92 Å². The molecular formula is C24H29N3O2. The van der Waals surface area contributed by atoms with E-state index in [9.17, 15) is 4.79 Å². The number of methoxy groups -OCH3 is 1. The Balaban J connectivity index is 1.72. The number of hydrogen-bond acceptors (Lipinski definition) is 2. The van der Waals surface area contributed by atoms with Crippen molar-refractivity contribution in [1.82, 2.24) is 15.2 Å². The maximum Gasteiger partial charge on any atom is 0.318 e. The van der Waals surface area contributed by atoms with E-state index in [1.165, 1.54) is 10.9 Å². The Morgan fingerprint density at radius 1 is 1.21 bits per heavy atom. The van der Waals surface area contributed by atoms with Gasteiger partial charge in [0.2, 0.25) is 0 Å². The highest BCUT2D eigenvalue weighted by Gasteiger charge is 2.34. The van der Waals surface area contributed by atoms with E-state index in [1.807, 2.05) is 23.1 Å². The number of aromatic nitrogens is 1. The number of fused-ring (bicyclic) bond motifs is 3. The van der Waals surface area contributed by atoms with Gasteiger partial charge in [-0.1, -0.05) is 44.2 Å². The summed E-state index contributed by atoms with van der Waals surface area (Å²) in [6, 6.07) is 16.3. The lowest BCUT2D eigenvalue weighted by Gasteiger charge is -2.36. The first-order valence-corrected chi connectivity index (χ1v) is 10.4. The van der Waals surface area contributed by atoms with Crippen molar-refractivity contribution >= 4 is 16.9 Å². The summed E-state index contributed by atoms with van der Waals surface area (Å²) in [6.07, 6.45) is 1.83. The zero-order chi connectivity index (χ0) is 20.4. The first-order valence-electron chi connectivity index (χ1n) is 10.4. The standard InChI is InChI=1S/C24H29N3O2/c1-16(2)12-14-25-24(28)27-15-13-20-19-6-4-5-7-21(19)26-22(20)23(27)17-8-10-18(29-3)11-9-17/h4-11,16,23,26H,12-15H2,1-3H3,(H,25,28). The first-order chi connectivity index (χ1) is 14.1. The monoisotopic (exact) mass is 391 g/mol. The van der Waals surface area contributed by atoms with E-state index < -0.39 is 0 Å². The van der Waals surface area contributed by atoms with Crippen molar-refractivity contribution in [3.63, 3.8) is 0 Å². The van der Waals surface area contributed by atoms with Gasteiger partial charge >= 0.3 is 6.03 Å². The number of rotatable bonds is 5. The molecule has 0 bridgehead atoms. The average molecular weight is 392 g/mol. The van der Waals surface area contributed by atoms with E-state index in [0.29, 0.717) is 19.0 Å². The number of urea groups is 1. The van der Waals surface area contributed by atoms with E-state index in [1.54, 1.807) is 7.11 Å². The molecule has 5 heteroatoms. The van der Waals surface area contributed by atoms with Gasteiger partial charge < -0.3 is 19.9 Å². The van der Waals surface area contributed by atoms with Crippen molar-refractivity contribution in [2.45, 2.75) is 32.7 Å². The van der Waals surface area contributed by atoms with Gasteiger partial charge in [-0.25, -0.2) is 4.79 Å². The average Bonchev–Trinajstić information content (AvgIpc) is 3.11. The molecule has 0 saturated carbocycles. The molecule has 0 aliphatic carbocycles. The highest BCUT2D eigenvalue weighted by molar-refractivity contribution is 5.86. The molecule has 1 aliphatic rings. The molecule has 152 valence electrons. The molecule has 1 atom stereocenters. The largest absolute Gasteiger partial charge is 0.497 e. The molecule has 2 amide bonds. The SMILES string of the molecule is COc1ccc(C2c3[nH]c4ccccc4c3CCN2C(=O)NCCC(C)C)cc1. The molecule has 0 spiro atoms. The van der Waals surface area contributed by atoms with E-state index >= 15 is 0 Å². The first kappa shape index (κ1) is 19.4. The summed E-state index contributed by atoms with van der Waals surface area (Å²) in [5, 5.41) is 4.37. The van der Waals surface area contributed by atoms with Crippen molar-refractivity contribution in [3.8, 4) is 5.75 Å². The third-order valence-electron chi connectivity index (χ3n) is 5.72. The third kappa shape index (κ3) is 3.82. The zero-order valence-corrected chi connectivity index (χ0v) is 17.4. The number of amides is 2. The molecule has 0 fully saturated rings. The number of H-pyrrole nitrogens is 1. The van der Waals surface area contributed by atoms with Crippen molar-refractivity contribution in [2.24, 2.45) is 5.92 Å². The van der Waals surface area contributed by atoms with Crippen LogP contribution in [0.4, 0.5) is 4.79 Å². The Labute approximate surface area is 172 Å². The molecule has 2 aromatic carbocycles. The molecule has 0 saturated heterocycles. The lowest BCUT2D eigenvalue weighted by Crippen LogP contribution is -2.46. The topological polar surface area (TPSA) is 57.4 Å². The molecule has 29 heavy (non-hydrogen) atoms. The molecule has 2 N–H and O–H groups in total. The predicted molar refractivity (Wildman–Crippen MR) is 116 cm³/mol. The second-order valence-electron chi connectivity index (χ2n) is 8.10. The lowest BCUT2D eigenvalue weighted by molar-refractivity contribution is 0.179. The van der Waals surface area contributed by atoms with Crippen LogP contribution in [-0.2, 0) is 6.42 Å². The summed E-state index contributed by atoms with van der Waals surface area (Å²) in [7, 11) is 1.67. The summed E-state index contributed by atoms with van der Waals surface area (Å²) in [4.78, 5) is 18.6. The quantitative estimate of drug-likeness (QED) is 0.651. The van der Waals surface area contributed by atoms with E-state index in [-0.39, 0.29) is 12.1 Å². The highest BCUT2D eigenvalue weighted by atomic mass is 16.5. The minimum atomic E-state index is -0.142. The predicted octanol–water partition coefficient (Wildman–Crippen LogP) is 4.88. The van der Waals surface area contributed by atoms with Gasteiger partial charge in [-0.2, -0.15) is 0 Å². The summed E-state index contributed by atoms with van der Waals surface area (Å²) < 4.78 is 5.32. The Kier molecular flexibility index (Phi) is 5.47. The zero-order valence-electron chi connectivity index (χ0n) is 17.4. The van der Waals surface area contributed by atoms with Crippen LogP contribution in [0.3, 0.4) is 0 Å². The van der Waals surface area contributed by atoms with Gasteiger partial charge in [0.1, 0.15) is 5.75 Å². The highest BCUT2D eigenvalue weighted by Crippen LogP contribution is 2.38. The number of benzene rings is 2. The fourth-order valence-corrected chi connectivity index (χ4v) is 4.16. The number of hydrogen-bond donors (Lipinski definition) is 2. The molecule has 3 aromatic rings. The van der Waals surface area contributed by atoms with Crippen LogP contribution in [0.1, 0.15) is 43.1 Å². The molecule has 1 unspecified atom stereocenters. The minimum Gasteiger partial charge on any atom is -0.497 e. The van der Waals surface area contributed by atoms with Crippen LogP contribution in [-0.4, -0.2) is 36.1 Å². The molecule has 0 radical (unpaired) electrons. The van der Waals surface area contributed by atoms with E-state index in [2.05, 4.69) is 54.5 Å². The van der Waals surface area contributed by atoms with Gasteiger partial charge in [0.25, 0.3) is 0 Å². The number of carbonyl (C=O) groups excluding carboxylic acids is 1. The van der Waals surface area contributed by atoms with Crippen molar-refractivity contribution in [3.05, 3.63) is 65.4 Å². The van der Waals surface area contributed by atoms with Crippen LogP contribution in [0.25, 0.3) is 10.9 Å². The Morgan fingerprint density at radius 3 is 2.69 bits per heavy atom. The van der Waals surface area contributed by atoms with E-state index in [4.69, 9.17) is 4.74 Å². The van der Waals surface area contributed by atoms with Crippen molar-refractivity contribution in [1.29, 1.82) is 0 Å². The van der Waals surface area contributed by atoms with Crippen LogP contribution >= 0.6 is 0 Å². The molecule has 1 aliphatic heterocycles. The fraction of sp³-hybridized carbons (Fsp3) is 0.375. The van der Waals surface area contributed by atoms with E-state index in [0.717, 1.165) is 35.4 Å². The van der Waals surface area contributed by atoms with Crippen molar-refractivity contribution < 1.29 is 9.53 Å². The van der Waals surface area contributed by atoms with Gasteiger partial charge in [-0.15, -0.1) is 0 Å². The number of ether oxygens (including phenoxy) is 1. The second kappa shape index (κ2) is 8.19. The maximum atomic E-state index is 13.1. The van der Waals surface area contributed by atoms with Gasteiger partial charge in [0.15, 0.2) is 0 Å². The summed E-state index contributed by atoms with van der Waals surface area (Å²) in [6.45, 7) is 5.73. The molecule has 5 nitrogen and oxygen atoms in total. The number of nitrogens with zero attached hydrogens (tertiary/aromatic N) is 1. The number of para-hydroxylation sites is 1. The van der Waals surface area contributed by atoms with Crippen LogP contribution < -0.4 is 10.1 Å². The van der Waals surface area contributed by atoms with Gasteiger partial charge in [-0.05, 0) is 48.1 Å². The Hall–Kier alpha value is -2.95. The van der Waals surface area contributed by atoms with Crippen molar-refractivity contribution in [2.75, 3.05) is 20.2 Å². The third-order valence-corrected chi connectivity index (χ3v) is 5.72. The Bertz CT molecular complexity index is 991. The van der Waals surface area contributed by atoms with Gasteiger partial charge in [0, 0.05) is 29.7 Å². The molecule has 1 aromatic heterocycles. The number of aromatic amines is 1. The van der Waals surface area contributed by atoms with Crippen LogP contribution in [0.15, 0.2) is 48.5 Å². The lowest BCUT2D eigenvalue weighted by atomic mass is 9.92. The number of carbonyl (C=O) groups is 1. The summed E-state index contributed by atoms with van der Waals surface area (Å²) >= 11 is 0. The number of nitrogens with one attached hydrogen (secondary N) is 2. The maximum absolute atomic E-state index is 13.1. The normalized spacial score (nSPS) is 16.1. The fourth-order valence-electron chi connectivity index (χ4n) is 4.16. The summed E-state index contributed by atoms with van der Waals surface area (Å²) in [5.74, 6) is 1.38. The smallest absolute Gasteiger partial charge is 0.318 e. The summed E-state index contributed by atoms with van der Waals surface area (Å²) in [5.41, 5.74) is 4.63. The van der Waals surface area contributed by atoms with Crippen LogP contribution in [0.2, 0.25) is 0 Å². The molecular weight excluding hydrogens is 362 g/mol. The second-order valence-corrected chi connectivity index (χ2v) is 8.10. The van der Waals surface area contributed by atoms with Gasteiger partial charge in [-0.3, -0.25) is 0 Å². The molecule has 2 heterocycles. The van der Waals surface area contributed by atoms with Crippen LogP contribution in [0.5, 0.6) is 5.75 Å². The molecule has 4 rings (SSSR count). The minimum absolute atomic E-state index is 0.00391.